The fraction of sp³-hybridized carbons (Fsp3) is 0.458. The molecule has 9 heteroatoms. The summed E-state index contributed by atoms with van der Waals surface area (Å²) in [4.78, 5) is 19.2. The van der Waals surface area contributed by atoms with Gasteiger partial charge in [0.1, 0.15) is 0 Å². The van der Waals surface area contributed by atoms with Crippen molar-refractivity contribution in [2.45, 2.75) is 24.2 Å². The minimum atomic E-state index is -3.69. The second-order valence-corrected chi connectivity index (χ2v) is 11.6. The summed E-state index contributed by atoms with van der Waals surface area (Å²) in [6, 6.07) is 13.9. The summed E-state index contributed by atoms with van der Waals surface area (Å²) in [7, 11) is -3.69. The standard InChI is InChI=1S/C24H29BrN4O3S/c25-21-16-19-8-10-29(24(30)18-6-7-18)22(19)17-23(21)33(31,32)26-9-11-27-12-14-28(15-13-27)20-4-2-1-3-5-20/h1-5,16-18,26H,6-15H2. The number of hydrogen-bond donors (Lipinski definition) is 1. The number of carbonyl (C=O) groups is 1. The second-order valence-electron chi connectivity index (χ2n) is 8.99. The van der Waals surface area contributed by atoms with Crippen LogP contribution in [-0.2, 0) is 21.2 Å². The number of hydrogen-bond acceptors (Lipinski definition) is 5. The smallest absolute Gasteiger partial charge is 0.241 e. The number of halogens is 1. The predicted octanol–water partition coefficient (Wildman–Crippen LogP) is 2.85. The minimum absolute atomic E-state index is 0.111. The van der Waals surface area contributed by atoms with Crippen molar-refractivity contribution < 1.29 is 13.2 Å². The maximum absolute atomic E-state index is 13.1. The molecule has 1 N–H and O–H groups in total. The third kappa shape index (κ3) is 4.96. The van der Waals surface area contributed by atoms with E-state index in [1.54, 1.807) is 11.0 Å². The summed E-state index contributed by atoms with van der Waals surface area (Å²) in [6.07, 6.45) is 2.64. The molecule has 1 aliphatic carbocycles. The maximum atomic E-state index is 13.1. The molecule has 0 atom stereocenters. The van der Waals surface area contributed by atoms with Gasteiger partial charge in [0.05, 0.1) is 4.90 Å². The van der Waals surface area contributed by atoms with Crippen molar-refractivity contribution in [3.63, 3.8) is 0 Å². The van der Waals surface area contributed by atoms with E-state index < -0.39 is 10.0 Å². The Morgan fingerprint density at radius 3 is 2.45 bits per heavy atom. The van der Waals surface area contributed by atoms with Crippen molar-refractivity contribution >= 4 is 43.2 Å². The van der Waals surface area contributed by atoms with Gasteiger partial charge in [0.25, 0.3) is 0 Å². The Balaban J connectivity index is 1.19. The fourth-order valence-electron chi connectivity index (χ4n) is 4.66. The normalized spacial score (nSPS) is 19.1. The Hall–Kier alpha value is -1.94. The lowest BCUT2D eigenvalue weighted by Crippen LogP contribution is -2.48. The van der Waals surface area contributed by atoms with Crippen LogP contribution in [0.1, 0.15) is 18.4 Å². The van der Waals surface area contributed by atoms with E-state index in [1.807, 2.05) is 12.1 Å². The molecular weight excluding hydrogens is 504 g/mol. The van der Waals surface area contributed by atoms with Gasteiger partial charge in [-0.3, -0.25) is 9.69 Å². The maximum Gasteiger partial charge on any atom is 0.241 e. The zero-order valence-corrected chi connectivity index (χ0v) is 20.9. The zero-order chi connectivity index (χ0) is 23.0. The topological polar surface area (TPSA) is 73.0 Å². The van der Waals surface area contributed by atoms with Crippen LogP contribution in [0.4, 0.5) is 11.4 Å². The Kier molecular flexibility index (Phi) is 6.48. The van der Waals surface area contributed by atoms with Gasteiger partial charge in [0.15, 0.2) is 0 Å². The first kappa shape index (κ1) is 22.8. The number of nitrogens with one attached hydrogen (secondary N) is 1. The number of anilines is 2. The Bertz CT molecular complexity index is 1130. The molecule has 1 saturated carbocycles. The molecule has 1 saturated heterocycles. The van der Waals surface area contributed by atoms with Crippen LogP contribution in [0.15, 0.2) is 51.8 Å². The zero-order valence-electron chi connectivity index (χ0n) is 18.5. The highest BCUT2D eigenvalue weighted by atomic mass is 79.9. The van der Waals surface area contributed by atoms with E-state index in [0.29, 0.717) is 24.1 Å². The summed E-state index contributed by atoms with van der Waals surface area (Å²) in [5.41, 5.74) is 2.99. The molecule has 1 amide bonds. The number of piperazine rings is 1. The van der Waals surface area contributed by atoms with Crippen LogP contribution in [0.5, 0.6) is 0 Å². The van der Waals surface area contributed by atoms with E-state index in [1.165, 1.54) is 5.69 Å². The molecule has 3 aliphatic rings. The van der Waals surface area contributed by atoms with Crippen LogP contribution in [0.25, 0.3) is 0 Å². The molecule has 0 spiro atoms. The van der Waals surface area contributed by atoms with Gasteiger partial charge in [-0.25, -0.2) is 13.1 Å². The number of rotatable bonds is 7. The highest BCUT2D eigenvalue weighted by Crippen LogP contribution is 2.39. The number of para-hydroxylation sites is 1. The van der Waals surface area contributed by atoms with Crippen molar-refractivity contribution in [3.05, 3.63) is 52.5 Å². The van der Waals surface area contributed by atoms with E-state index >= 15 is 0 Å². The molecule has 0 bridgehead atoms. The van der Waals surface area contributed by atoms with Crippen molar-refractivity contribution in [3.8, 4) is 0 Å². The Labute approximate surface area is 203 Å². The van der Waals surface area contributed by atoms with E-state index in [2.05, 4.69) is 54.7 Å². The lowest BCUT2D eigenvalue weighted by atomic mass is 10.2. The number of sulfonamides is 1. The highest BCUT2D eigenvalue weighted by molar-refractivity contribution is 9.10. The predicted molar refractivity (Wildman–Crippen MR) is 133 cm³/mol. The van der Waals surface area contributed by atoms with Gasteiger partial charge in [0.2, 0.25) is 15.9 Å². The van der Waals surface area contributed by atoms with E-state index in [4.69, 9.17) is 0 Å². The van der Waals surface area contributed by atoms with Crippen LogP contribution < -0.4 is 14.5 Å². The third-order valence-corrected chi connectivity index (χ3v) is 9.14. The van der Waals surface area contributed by atoms with Gasteiger partial charge in [-0.05, 0) is 65.0 Å². The van der Waals surface area contributed by atoms with Gasteiger partial charge in [-0.1, -0.05) is 18.2 Å². The van der Waals surface area contributed by atoms with E-state index in [9.17, 15) is 13.2 Å². The van der Waals surface area contributed by atoms with Crippen LogP contribution in [0, 0.1) is 5.92 Å². The molecule has 2 aromatic carbocycles. The average Bonchev–Trinajstić information content (AvgIpc) is 3.59. The van der Waals surface area contributed by atoms with Crippen LogP contribution >= 0.6 is 15.9 Å². The lowest BCUT2D eigenvalue weighted by molar-refractivity contribution is -0.119. The lowest BCUT2D eigenvalue weighted by Gasteiger charge is -2.36. The van der Waals surface area contributed by atoms with Crippen LogP contribution in [-0.4, -0.2) is 65.0 Å². The fourth-order valence-corrected chi connectivity index (χ4v) is 6.79. The molecule has 0 radical (unpaired) electrons. The molecule has 176 valence electrons. The number of nitrogens with zero attached hydrogens (tertiary/aromatic N) is 3. The largest absolute Gasteiger partial charge is 0.369 e. The summed E-state index contributed by atoms with van der Waals surface area (Å²) in [5, 5.41) is 0. The molecule has 2 fully saturated rings. The summed E-state index contributed by atoms with van der Waals surface area (Å²) in [5.74, 6) is 0.238. The van der Waals surface area contributed by atoms with Gasteiger partial charge in [-0.2, -0.15) is 0 Å². The highest BCUT2D eigenvalue weighted by Gasteiger charge is 2.37. The van der Waals surface area contributed by atoms with Crippen molar-refractivity contribution in [1.29, 1.82) is 0 Å². The SMILES string of the molecule is O=C(C1CC1)N1CCc2cc(Br)c(S(=O)(=O)NCCN3CCN(c4ccccc4)CC3)cc21. The van der Waals surface area contributed by atoms with Gasteiger partial charge < -0.3 is 9.80 Å². The first-order valence-corrected chi connectivity index (χ1v) is 13.9. The molecule has 33 heavy (non-hydrogen) atoms. The van der Waals surface area contributed by atoms with Crippen molar-refractivity contribution in [2.75, 3.05) is 55.6 Å². The summed E-state index contributed by atoms with van der Waals surface area (Å²) < 4.78 is 29.5. The van der Waals surface area contributed by atoms with E-state index in [-0.39, 0.29) is 16.7 Å². The molecule has 0 unspecified atom stereocenters. The molecule has 0 aromatic heterocycles. The summed E-state index contributed by atoms with van der Waals surface area (Å²) in [6.45, 7) is 5.30. The Morgan fingerprint density at radius 2 is 1.76 bits per heavy atom. The average molecular weight is 533 g/mol. The number of amides is 1. The van der Waals surface area contributed by atoms with Crippen molar-refractivity contribution in [1.82, 2.24) is 9.62 Å². The number of fused-ring (bicyclic) bond motifs is 1. The number of benzene rings is 2. The monoisotopic (exact) mass is 532 g/mol. The first-order chi connectivity index (χ1) is 15.9. The quantitative estimate of drug-likeness (QED) is 0.593. The van der Waals surface area contributed by atoms with E-state index in [0.717, 1.165) is 56.7 Å². The second kappa shape index (κ2) is 9.37. The van der Waals surface area contributed by atoms with Gasteiger partial charge in [0, 0.05) is 67.6 Å². The minimum Gasteiger partial charge on any atom is -0.369 e. The van der Waals surface area contributed by atoms with Crippen LogP contribution in [0.2, 0.25) is 0 Å². The van der Waals surface area contributed by atoms with Crippen LogP contribution in [0.3, 0.4) is 0 Å². The van der Waals surface area contributed by atoms with Gasteiger partial charge in [-0.15, -0.1) is 0 Å². The Morgan fingerprint density at radius 1 is 1.03 bits per heavy atom. The van der Waals surface area contributed by atoms with Gasteiger partial charge >= 0.3 is 0 Å². The molecule has 5 rings (SSSR count). The summed E-state index contributed by atoms with van der Waals surface area (Å²) >= 11 is 3.44. The molecular formula is C24H29BrN4O3S. The third-order valence-electron chi connectivity index (χ3n) is 6.72. The molecule has 7 nitrogen and oxygen atoms in total. The number of carbonyl (C=O) groups excluding carboxylic acids is 1. The molecule has 2 heterocycles. The molecule has 2 aromatic rings. The molecule has 2 aliphatic heterocycles. The first-order valence-electron chi connectivity index (χ1n) is 11.6. The van der Waals surface area contributed by atoms with Crippen molar-refractivity contribution in [2.24, 2.45) is 5.92 Å².